The Kier molecular flexibility index (Phi) is 13.7. The van der Waals surface area contributed by atoms with Crippen molar-refractivity contribution in [1.29, 1.82) is 0 Å². The summed E-state index contributed by atoms with van der Waals surface area (Å²) in [5, 5.41) is 7.90. The highest BCUT2D eigenvalue weighted by atomic mass is 32.2. The topological polar surface area (TPSA) is 177 Å². The molecule has 1 saturated carbocycles. The number of carbonyl (C=O) groups is 4. The number of amides is 3. The van der Waals surface area contributed by atoms with E-state index >= 15 is 0 Å². The molecule has 2 aliphatic rings. The SMILES string of the molecule is CCCCCC(=O)OC([C@H](C[C@@H]1CCNC1=O)NC(=O)[C@H](CC1CCCCC1)NC(=O)OCc1ccccc1)S(=O)(=O)O. The average molecular weight is 624 g/mol. The van der Waals surface area contributed by atoms with Gasteiger partial charge in [0, 0.05) is 18.9 Å². The Labute approximate surface area is 253 Å². The maximum atomic E-state index is 13.7. The molecule has 0 bridgehead atoms. The van der Waals surface area contributed by atoms with Crippen LogP contribution in [-0.2, 0) is 40.6 Å². The van der Waals surface area contributed by atoms with Crippen molar-refractivity contribution in [2.45, 2.75) is 108 Å². The molecule has 2 fully saturated rings. The van der Waals surface area contributed by atoms with Gasteiger partial charge in [0.1, 0.15) is 12.6 Å². The average Bonchev–Trinajstić information content (AvgIpc) is 3.38. The van der Waals surface area contributed by atoms with Gasteiger partial charge in [-0.25, -0.2) is 4.79 Å². The molecular formula is C30H45N3O9S. The van der Waals surface area contributed by atoms with Crippen LogP contribution in [-0.4, -0.2) is 60.9 Å². The minimum absolute atomic E-state index is 0.0112. The molecular weight excluding hydrogens is 578 g/mol. The number of rotatable bonds is 16. The number of ether oxygens (including phenoxy) is 2. The number of esters is 1. The molecule has 1 heterocycles. The third-order valence-electron chi connectivity index (χ3n) is 8.00. The molecule has 0 aromatic heterocycles. The quantitative estimate of drug-likeness (QED) is 0.122. The molecule has 12 nitrogen and oxygen atoms in total. The lowest BCUT2D eigenvalue weighted by Crippen LogP contribution is -2.56. The van der Waals surface area contributed by atoms with Crippen LogP contribution in [0, 0.1) is 11.8 Å². The van der Waals surface area contributed by atoms with Gasteiger partial charge < -0.3 is 25.4 Å². The van der Waals surface area contributed by atoms with E-state index in [0.29, 0.717) is 19.4 Å². The molecule has 1 unspecified atom stereocenters. The van der Waals surface area contributed by atoms with E-state index in [0.717, 1.165) is 50.5 Å². The Balaban J connectivity index is 1.79. The molecule has 13 heteroatoms. The predicted octanol–water partition coefficient (Wildman–Crippen LogP) is 3.60. The Morgan fingerprint density at radius 2 is 1.74 bits per heavy atom. The summed E-state index contributed by atoms with van der Waals surface area (Å²) in [5.74, 6) is -2.42. The highest BCUT2D eigenvalue weighted by molar-refractivity contribution is 7.86. The Bertz CT molecular complexity index is 1170. The number of unbranched alkanes of at least 4 members (excludes halogenated alkanes) is 2. The number of hydrogen-bond acceptors (Lipinski definition) is 8. The molecule has 3 rings (SSSR count). The summed E-state index contributed by atoms with van der Waals surface area (Å²) in [6, 6.07) is 6.51. The summed E-state index contributed by atoms with van der Waals surface area (Å²) in [5.41, 5.74) is -1.36. The van der Waals surface area contributed by atoms with Crippen molar-refractivity contribution >= 4 is 34.0 Å². The second-order valence-electron chi connectivity index (χ2n) is 11.5. The zero-order valence-corrected chi connectivity index (χ0v) is 25.6. The molecule has 1 saturated heterocycles. The third kappa shape index (κ3) is 11.8. The van der Waals surface area contributed by atoms with Crippen LogP contribution in [0.5, 0.6) is 0 Å². The van der Waals surface area contributed by atoms with Gasteiger partial charge in [-0.1, -0.05) is 82.2 Å². The van der Waals surface area contributed by atoms with E-state index in [4.69, 9.17) is 9.47 Å². The van der Waals surface area contributed by atoms with E-state index in [1.165, 1.54) is 0 Å². The lowest BCUT2D eigenvalue weighted by molar-refractivity contribution is -0.148. The van der Waals surface area contributed by atoms with Crippen LogP contribution in [0.4, 0.5) is 4.79 Å². The third-order valence-corrected chi connectivity index (χ3v) is 9.01. The van der Waals surface area contributed by atoms with Crippen molar-refractivity contribution in [3.8, 4) is 0 Å². The zero-order chi connectivity index (χ0) is 31.2. The smallest absolute Gasteiger partial charge is 0.408 e. The monoisotopic (exact) mass is 623 g/mol. The Morgan fingerprint density at radius 1 is 1.02 bits per heavy atom. The van der Waals surface area contributed by atoms with Gasteiger partial charge in [0.2, 0.25) is 17.3 Å². The van der Waals surface area contributed by atoms with Crippen molar-refractivity contribution in [2.75, 3.05) is 6.54 Å². The lowest BCUT2D eigenvalue weighted by Gasteiger charge is -2.30. The van der Waals surface area contributed by atoms with E-state index in [-0.39, 0.29) is 37.7 Å². The van der Waals surface area contributed by atoms with Crippen molar-refractivity contribution < 1.29 is 41.6 Å². The molecule has 0 spiro atoms. The normalized spacial score (nSPS) is 19.5. The molecule has 43 heavy (non-hydrogen) atoms. The summed E-state index contributed by atoms with van der Waals surface area (Å²) in [6.07, 6.45) is 6.43. The molecule has 1 aromatic carbocycles. The fourth-order valence-electron chi connectivity index (χ4n) is 5.65. The highest BCUT2D eigenvalue weighted by Crippen LogP contribution is 2.28. The van der Waals surface area contributed by atoms with Crippen LogP contribution in [0.15, 0.2) is 30.3 Å². The Morgan fingerprint density at radius 3 is 2.37 bits per heavy atom. The van der Waals surface area contributed by atoms with E-state index in [2.05, 4.69) is 16.0 Å². The molecule has 1 aliphatic heterocycles. The second-order valence-corrected chi connectivity index (χ2v) is 13.0. The van der Waals surface area contributed by atoms with Gasteiger partial charge in [-0.15, -0.1) is 0 Å². The van der Waals surface area contributed by atoms with Gasteiger partial charge >= 0.3 is 22.2 Å². The lowest BCUT2D eigenvalue weighted by atomic mass is 9.84. The maximum Gasteiger partial charge on any atom is 0.408 e. The van der Waals surface area contributed by atoms with Gasteiger partial charge in [-0.2, -0.15) is 8.42 Å². The first-order valence-electron chi connectivity index (χ1n) is 15.3. The minimum atomic E-state index is -5.01. The fourth-order valence-corrected chi connectivity index (χ4v) is 6.47. The van der Waals surface area contributed by atoms with Gasteiger partial charge in [0.25, 0.3) is 0 Å². The zero-order valence-electron chi connectivity index (χ0n) is 24.8. The van der Waals surface area contributed by atoms with Gasteiger partial charge in [0.05, 0.1) is 6.04 Å². The van der Waals surface area contributed by atoms with Gasteiger partial charge in [-0.3, -0.25) is 18.9 Å². The standard InChI is InChI=1S/C30H45N3O9S/c1-2-3-6-15-26(34)42-29(43(38,39)40)25(19-23-16-17-31-27(23)35)32-28(36)24(18-21-11-7-4-8-12-21)33-30(37)41-20-22-13-9-5-10-14-22/h5,9-10,13-14,21,23-25,29H,2-4,6-8,11-12,15-20H2,1H3,(H,31,35)(H,32,36)(H,33,37)(H,38,39,40)/t23-,24-,25-,29?/m0/s1. The number of benzene rings is 1. The number of alkyl carbamates (subject to hydrolysis) is 1. The summed E-state index contributed by atoms with van der Waals surface area (Å²) < 4.78 is 45.7. The van der Waals surface area contributed by atoms with E-state index < -0.39 is 51.5 Å². The first-order valence-corrected chi connectivity index (χ1v) is 16.8. The highest BCUT2D eigenvalue weighted by Gasteiger charge is 2.41. The molecule has 3 amide bonds. The van der Waals surface area contributed by atoms with Crippen molar-refractivity contribution in [1.82, 2.24) is 16.0 Å². The van der Waals surface area contributed by atoms with E-state index in [1.807, 2.05) is 25.1 Å². The number of carbonyl (C=O) groups excluding carboxylic acids is 4. The van der Waals surface area contributed by atoms with Crippen molar-refractivity contribution in [3.05, 3.63) is 35.9 Å². The largest absolute Gasteiger partial charge is 0.445 e. The van der Waals surface area contributed by atoms with Crippen LogP contribution >= 0.6 is 0 Å². The van der Waals surface area contributed by atoms with Crippen LogP contribution in [0.3, 0.4) is 0 Å². The first kappa shape index (κ1) is 34.3. The molecule has 1 aliphatic carbocycles. The van der Waals surface area contributed by atoms with Crippen molar-refractivity contribution in [3.63, 3.8) is 0 Å². The second kappa shape index (κ2) is 17.2. The van der Waals surface area contributed by atoms with Gasteiger partial charge in [0.15, 0.2) is 0 Å². The van der Waals surface area contributed by atoms with Crippen LogP contribution < -0.4 is 16.0 Å². The molecule has 240 valence electrons. The predicted molar refractivity (Wildman–Crippen MR) is 158 cm³/mol. The van der Waals surface area contributed by atoms with E-state index in [1.54, 1.807) is 12.1 Å². The van der Waals surface area contributed by atoms with Crippen LogP contribution in [0.2, 0.25) is 0 Å². The first-order chi connectivity index (χ1) is 20.6. The minimum Gasteiger partial charge on any atom is -0.445 e. The van der Waals surface area contributed by atoms with Crippen LogP contribution in [0.1, 0.15) is 89.5 Å². The molecule has 4 atom stereocenters. The number of nitrogens with one attached hydrogen (secondary N) is 3. The number of hydrogen-bond donors (Lipinski definition) is 4. The molecule has 4 N–H and O–H groups in total. The Hall–Kier alpha value is -3.19. The molecule has 1 aromatic rings. The summed E-state index contributed by atoms with van der Waals surface area (Å²) in [4.78, 5) is 51.4. The maximum absolute atomic E-state index is 13.7. The van der Waals surface area contributed by atoms with Crippen LogP contribution in [0.25, 0.3) is 0 Å². The van der Waals surface area contributed by atoms with Crippen molar-refractivity contribution in [2.24, 2.45) is 11.8 Å². The van der Waals surface area contributed by atoms with E-state index in [9.17, 15) is 32.1 Å². The summed E-state index contributed by atoms with van der Waals surface area (Å²) >= 11 is 0. The summed E-state index contributed by atoms with van der Waals surface area (Å²) in [6.45, 7) is 2.30. The fraction of sp³-hybridized carbons (Fsp3) is 0.667. The molecule has 0 radical (unpaired) electrons. The van der Waals surface area contributed by atoms with Gasteiger partial charge in [-0.05, 0) is 37.2 Å². The summed E-state index contributed by atoms with van der Waals surface area (Å²) in [7, 11) is -5.01.